The van der Waals surface area contributed by atoms with Gasteiger partial charge in [0.1, 0.15) is 17.3 Å². The summed E-state index contributed by atoms with van der Waals surface area (Å²) in [5, 5.41) is 2.51. The number of nitrogens with one attached hydrogen (secondary N) is 1. The van der Waals surface area contributed by atoms with E-state index in [0.29, 0.717) is 11.4 Å². The molecule has 2 aromatic rings. The van der Waals surface area contributed by atoms with Gasteiger partial charge >= 0.3 is 6.18 Å². The average molecular weight is 343 g/mol. The highest BCUT2D eigenvalue weighted by atomic mass is 19.4. The second-order valence-corrected chi connectivity index (χ2v) is 4.72. The molecule has 128 valence electrons. The van der Waals surface area contributed by atoms with E-state index in [1.165, 1.54) is 48.5 Å². The van der Waals surface area contributed by atoms with E-state index >= 15 is 0 Å². The van der Waals surface area contributed by atoms with E-state index in [-0.39, 0.29) is 12.4 Å². The SMILES string of the molecule is O=C(COc1ccc(F)cc1)Nc1ccc(OCC(F)(F)F)cc1. The van der Waals surface area contributed by atoms with Crippen molar-refractivity contribution in [3.05, 3.63) is 54.3 Å². The fourth-order valence-corrected chi connectivity index (χ4v) is 1.68. The summed E-state index contributed by atoms with van der Waals surface area (Å²) in [5.74, 6) is -0.516. The average Bonchev–Trinajstić information content (AvgIpc) is 2.53. The molecule has 0 spiro atoms. The van der Waals surface area contributed by atoms with Crippen LogP contribution in [0.1, 0.15) is 0 Å². The molecule has 0 aliphatic heterocycles. The van der Waals surface area contributed by atoms with Gasteiger partial charge in [0.15, 0.2) is 13.2 Å². The maximum atomic E-state index is 12.7. The van der Waals surface area contributed by atoms with Crippen LogP contribution >= 0.6 is 0 Å². The van der Waals surface area contributed by atoms with Crippen LogP contribution in [0, 0.1) is 5.82 Å². The Bertz CT molecular complexity index is 669. The van der Waals surface area contributed by atoms with Gasteiger partial charge in [0.2, 0.25) is 0 Å². The lowest BCUT2D eigenvalue weighted by Crippen LogP contribution is -2.20. The van der Waals surface area contributed by atoms with Crippen LogP contribution in [0.4, 0.5) is 23.2 Å². The van der Waals surface area contributed by atoms with Gasteiger partial charge in [0.25, 0.3) is 5.91 Å². The molecule has 1 amide bonds. The number of benzene rings is 2. The summed E-state index contributed by atoms with van der Waals surface area (Å²) in [5.41, 5.74) is 0.377. The number of anilines is 1. The molecule has 8 heteroatoms. The lowest BCUT2D eigenvalue weighted by Gasteiger charge is -2.10. The molecule has 0 unspecified atom stereocenters. The highest BCUT2D eigenvalue weighted by Crippen LogP contribution is 2.20. The Balaban J connectivity index is 1.80. The molecule has 24 heavy (non-hydrogen) atoms. The van der Waals surface area contributed by atoms with Gasteiger partial charge in [0.05, 0.1) is 0 Å². The first-order valence-electron chi connectivity index (χ1n) is 6.80. The molecule has 0 radical (unpaired) electrons. The van der Waals surface area contributed by atoms with Crippen LogP contribution < -0.4 is 14.8 Å². The van der Waals surface area contributed by atoms with Gasteiger partial charge < -0.3 is 14.8 Å². The molecule has 0 saturated carbocycles. The number of halogens is 4. The van der Waals surface area contributed by atoms with Crippen LogP contribution in [0.5, 0.6) is 11.5 Å². The van der Waals surface area contributed by atoms with E-state index in [2.05, 4.69) is 10.1 Å². The number of carbonyl (C=O) groups is 1. The zero-order valence-electron chi connectivity index (χ0n) is 12.3. The van der Waals surface area contributed by atoms with Gasteiger partial charge in [-0.05, 0) is 48.5 Å². The van der Waals surface area contributed by atoms with Crippen molar-refractivity contribution in [1.29, 1.82) is 0 Å². The third kappa shape index (κ3) is 6.15. The first-order valence-corrected chi connectivity index (χ1v) is 6.80. The van der Waals surface area contributed by atoms with Gasteiger partial charge in [-0.25, -0.2) is 4.39 Å². The Labute approximate surface area is 135 Å². The lowest BCUT2D eigenvalue weighted by atomic mass is 10.3. The number of hydrogen-bond donors (Lipinski definition) is 1. The quantitative estimate of drug-likeness (QED) is 0.812. The third-order valence-corrected chi connectivity index (χ3v) is 2.72. The van der Waals surface area contributed by atoms with Gasteiger partial charge in [-0.2, -0.15) is 13.2 Å². The van der Waals surface area contributed by atoms with Crippen LogP contribution in [0.2, 0.25) is 0 Å². The number of amides is 1. The van der Waals surface area contributed by atoms with Crippen molar-refractivity contribution in [3.8, 4) is 11.5 Å². The van der Waals surface area contributed by atoms with Crippen molar-refractivity contribution in [3.63, 3.8) is 0 Å². The summed E-state index contributed by atoms with van der Waals surface area (Å²) >= 11 is 0. The van der Waals surface area contributed by atoms with E-state index in [1.54, 1.807) is 0 Å². The summed E-state index contributed by atoms with van der Waals surface area (Å²) < 4.78 is 58.5. The summed E-state index contributed by atoms with van der Waals surface area (Å²) in [6.45, 7) is -1.68. The molecule has 0 aliphatic rings. The standard InChI is InChI=1S/C16H13F4NO3/c17-11-1-5-13(6-2-11)23-9-15(22)21-12-3-7-14(8-4-12)24-10-16(18,19)20/h1-8H,9-10H2,(H,21,22). The van der Waals surface area contributed by atoms with Gasteiger partial charge in [0, 0.05) is 5.69 Å². The molecule has 0 fully saturated rings. The van der Waals surface area contributed by atoms with E-state index in [4.69, 9.17) is 4.74 Å². The van der Waals surface area contributed by atoms with Crippen LogP contribution in [0.3, 0.4) is 0 Å². The number of alkyl halides is 3. The fraction of sp³-hybridized carbons (Fsp3) is 0.188. The Morgan fingerprint density at radius 1 is 0.917 bits per heavy atom. The predicted molar refractivity (Wildman–Crippen MR) is 78.5 cm³/mol. The lowest BCUT2D eigenvalue weighted by molar-refractivity contribution is -0.153. The molecule has 0 aromatic heterocycles. The molecule has 2 aromatic carbocycles. The summed E-state index contributed by atoms with van der Waals surface area (Å²) in [7, 11) is 0. The Hall–Kier alpha value is -2.77. The third-order valence-electron chi connectivity index (χ3n) is 2.72. The Kier molecular flexibility index (Phi) is 5.62. The van der Waals surface area contributed by atoms with Gasteiger partial charge in [-0.3, -0.25) is 4.79 Å². The molecular weight excluding hydrogens is 330 g/mol. The highest BCUT2D eigenvalue weighted by molar-refractivity contribution is 5.91. The van der Waals surface area contributed by atoms with Gasteiger partial charge in [-0.1, -0.05) is 0 Å². The normalized spacial score (nSPS) is 11.0. The molecule has 0 saturated heterocycles. The van der Waals surface area contributed by atoms with E-state index in [9.17, 15) is 22.4 Å². The minimum Gasteiger partial charge on any atom is -0.484 e. The fourth-order valence-electron chi connectivity index (χ4n) is 1.68. The molecule has 0 atom stereocenters. The molecule has 0 bridgehead atoms. The van der Waals surface area contributed by atoms with E-state index < -0.39 is 24.5 Å². The Morgan fingerprint density at radius 3 is 2.04 bits per heavy atom. The summed E-state index contributed by atoms with van der Waals surface area (Å²) in [6.07, 6.45) is -4.41. The van der Waals surface area contributed by atoms with Crippen LogP contribution in [0.25, 0.3) is 0 Å². The van der Waals surface area contributed by atoms with E-state index in [0.717, 1.165) is 0 Å². The van der Waals surface area contributed by atoms with Crippen molar-refractivity contribution in [2.75, 3.05) is 18.5 Å². The minimum absolute atomic E-state index is 0.0351. The topological polar surface area (TPSA) is 47.6 Å². The second-order valence-electron chi connectivity index (χ2n) is 4.72. The molecule has 0 aliphatic carbocycles. The number of ether oxygens (including phenoxy) is 2. The van der Waals surface area contributed by atoms with Crippen molar-refractivity contribution < 1.29 is 31.8 Å². The van der Waals surface area contributed by atoms with Crippen molar-refractivity contribution in [1.82, 2.24) is 0 Å². The van der Waals surface area contributed by atoms with Gasteiger partial charge in [-0.15, -0.1) is 0 Å². The van der Waals surface area contributed by atoms with Crippen molar-refractivity contribution >= 4 is 11.6 Å². The minimum atomic E-state index is -4.41. The second kappa shape index (κ2) is 7.67. The smallest absolute Gasteiger partial charge is 0.422 e. The molecule has 2 rings (SSSR count). The summed E-state index contributed by atoms with van der Waals surface area (Å²) in [6, 6.07) is 10.6. The zero-order chi connectivity index (χ0) is 17.6. The Morgan fingerprint density at radius 2 is 1.46 bits per heavy atom. The largest absolute Gasteiger partial charge is 0.484 e. The molecule has 1 N–H and O–H groups in total. The van der Waals surface area contributed by atoms with E-state index in [1.807, 2.05) is 0 Å². The van der Waals surface area contributed by atoms with Crippen molar-refractivity contribution in [2.45, 2.75) is 6.18 Å². The first kappa shape index (κ1) is 17.6. The van der Waals surface area contributed by atoms with Crippen LogP contribution in [0.15, 0.2) is 48.5 Å². The monoisotopic (exact) mass is 343 g/mol. The number of carbonyl (C=O) groups excluding carboxylic acids is 1. The van der Waals surface area contributed by atoms with Crippen molar-refractivity contribution in [2.24, 2.45) is 0 Å². The highest BCUT2D eigenvalue weighted by Gasteiger charge is 2.28. The predicted octanol–water partition coefficient (Wildman–Crippen LogP) is 3.78. The number of rotatable bonds is 6. The maximum Gasteiger partial charge on any atom is 0.422 e. The van der Waals surface area contributed by atoms with Crippen LogP contribution in [-0.2, 0) is 4.79 Å². The molecule has 0 heterocycles. The first-order chi connectivity index (χ1) is 11.3. The molecular formula is C16H13F4NO3. The zero-order valence-corrected chi connectivity index (χ0v) is 12.3. The number of hydrogen-bond acceptors (Lipinski definition) is 3. The maximum absolute atomic E-state index is 12.7. The molecule has 4 nitrogen and oxygen atoms in total. The summed E-state index contributed by atoms with van der Waals surface area (Å²) in [4.78, 5) is 11.7. The van der Waals surface area contributed by atoms with Crippen LogP contribution in [-0.4, -0.2) is 25.3 Å².